The zero-order valence-corrected chi connectivity index (χ0v) is 12.8. The van der Waals surface area contributed by atoms with E-state index < -0.39 is 0 Å². The Labute approximate surface area is 122 Å². The zero-order valence-electron chi connectivity index (χ0n) is 12.8. The van der Waals surface area contributed by atoms with Crippen LogP contribution in [0.25, 0.3) is 0 Å². The van der Waals surface area contributed by atoms with Crippen molar-refractivity contribution in [1.29, 1.82) is 0 Å². The van der Waals surface area contributed by atoms with Crippen LogP contribution in [0.15, 0.2) is 18.3 Å². The highest BCUT2D eigenvalue weighted by molar-refractivity contribution is 5.13. The summed E-state index contributed by atoms with van der Waals surface area (Å²) in [4.78, 5) is 6.88. The van der Waals surface area contributed by atoms with Gasteiger partial charge in [-0.1, -0.05) is 13.0 Å². The second-order valence-corrected chi connectivity index (χ2v) is 5.56. The average Bonchev–Trinajstić information content (AvgIpc) is 2.88. The van der Waals surface area contributed by atoms with Crippen molar-refractivity contribution in [3.63, 3.8) is 0 Å². The SMILES string of the molecule is CCNCc1ccc(COCCC2CCCN2C)nc1. The Kier molecular flexibility index (Phi) is 6.43. The van der Waals surface area contributed by atoms with Gasteiger partial charge in [0.2, 0.25) is 0 Å². The lowest BCUT2D eigenvalue weighted by Gasteiger charge is -2.18. The highest BCUT2D eigenvalue weighted by atomic mass is 16.5. The van der Waals surface area contributed by atoms with E-state index in [4.69, 9.17) is 4.74 Å². The third-order valence-corrected chi connectivity index (χ3v) is 3.98. The molecule has 1 N–H and O–H groups in total. The van der Waals surface area contributed by atoms with Gasteiger partial charge in [-0.25, -0.2) is 0 Å². The first-order chi connectivity index (χ1) is 9.79. The molecule has 2 heterocycles. The third-order valence-electron chi connectivity index (χ3n) is 3.98. The molecule has 20 heavy (non-hydrogen) atoms. The normalized spacial score (nSPS) is 19.6. The van der Waals surface area contributed by atoms with E-state index in [0.717, 1.165) is 31.8 Å². The van der Waals surface area contributed by atoms with Gasteiger partial charge in [-0.3, -0.25) is 4.98 Å². The van der Waals surface area contributed by atoms with Crippen LogP contribution in [0.1, 0.15) is 37.4 Å². The number of hydrogen-bond acceptors (Lipinski definition) is 4. The van der Waals surface area contributed by atoms with Crippen molar-refractivity contribution in [1.82, 2.24) is 15.2 Å². The van der Waals surface area contributed by atoms with Crippen molar-refractivity contribution >= 4 is 0 Å². The van der Waals surface area contributed by atoms with E-state index in [0.29, 0.717) is 12.6 Å². The summed E-state index contributed by atoms with van der Waals surface area (Å²) in [5.74, 6) is 0. The number of likely N-dealkylation sites (tertiary alicyclic amines) is 1. The van der Waals surface area contributed by atoms with Crippen molar-refractivity contribution in [2.45, 2.75) is 45.4 Å². The van der Waals surface area contributed by atoms with Gasteiger partial charge in [-0.15, -0.1) is 0 Å². The zero-order chi connectivity index (χ0) is 14.2. The lowest BCUT2D eigenvalue weighted by atomic mass is 10.1. The quantitative estimate of drug-likeness (QED) is 0.739. The topological polar surface area (TPSA) is 37.4 Å². The van der Waals surface area contributed by atoms with Gasteiger partial charge in [0.05, 0.1) is 12.3 Å². The Bertz CT molecular complexity index is 380. The standard InChI is InChI=1S/C16H27N3O/c1-3-17-11-14-6-7-15(18-12-14)13-20-10-8-16-5-4-9-19(16)2/h6-7,12,16-17H,3-5,8-11,13H2,1-2H3. The third kappa shape index (κ3) is 4.85. The summed E-state index contributed by atoms with van der Waals surface area (Å²) in [6.45, 7) is 6.67. The van der Waals surface area contributed by atoms with E-state index in [1.165, 1.54) is 24.9 Å². The van der Waals surface area contributed by atoms with E-state index >= 15 is 0 Å². The van der Waals surface area contributed by atoms with Gasteiger partial charge in [0, 0.05) is 25.4 Å². The fraction of sp³-hybridized carbons (Fsp3) is 0.688. The molecule has 0 aromatic carbocycles. The van der Waals surface area contributed by atoms with Gasteiger partial charge in [-0.05, 0) is 51.0 Å². The largest absolute Gasteiger partial charge is 0.375 e. The molecule has 0 amide bonds. The maximum absolute atomic E-state index is 5.75. The van der Waals surface area contributed by atoms with E-state index in [-0.39, 0.29) is 0 Å². The minimum atomic E-state index is 0.623. The van der Waals surface area contributed by atoms with Crippen molar-refractivity contribution in [3.8, 4) is 0 Å². The molecule has 0 spiro atoms. The van der Waals surface area contributed by atoms with E-state index in [1.807, 2.05) is 6.20 Å². The van der Waals surface area contributed by atoms with Gasteiger partial charge in [0.15, 0.2) is 0 Å². The predicted octanol–water partition coefficient (Wildman–Crippen LogP) is 2.19. The molecule has 1 saturated heterocycles. The number of aromatic nitrogens is 1. The van der Waals surface area contributed by atoms with E-state index in [2.05, 4.69) is 41.3 Å². The van der Waals surface area contributed by atoms with Gasteiger partial charge in [0.25, 0.3) is 0 Å². The van der Waals surface area contributed by atoms with Gasteiger partial charge in [0.1, 0.15) is 0 Å². The number of pyridine rings is 1. The Morgan fingerprint density at radius 2 is 2.35 bits per heavy atom. The number of nitrogens with one attached hydrogen (secondary N) is 1. The maximum Gasteiger partial charge on any atom is 0.0887 e. The molecule has 4 nitrogen and oxygen atoms in total. The minimum absolute atomic E-state index is 0.623. The minimum Gasteiger partial charge on any atom is -0.375 e. The van der Waals surface area contributed by atoms with Gasteiger partial charge >= 0.3 is 0 Å². The Balaban J connectivity index is 1.63. The molecule has 0 saturated carbocycles. The molecule has 1 atom stereocenters. The van der Waals surface area contributed by atoms with Crippen LogP contribution >= 0.6 is 0 Å². The van der Waals surface area contributed by atoms with E-state index in [9.17, 15) is 0 Å². The van der Waals surface area contributed by atoms with Crippen LogP contribution < -0.4 is 5.32 Å². The molecule has 1 fully saturated rings. The summed E-state index contributed by atoms with van der Waals surface area (Å²) in [6.07, 6.45) is 5.72. The first-order valence-electron chi connectivity index (χ1n) is 7.72. The first kappa shape index (κ1) is 15.4. The molecule has 0 radical (unpaired) electrons. The predicted molar refractivity (Wildman–Crippen MR) is 81.5 cm³/mol. The first-order valence-corrected chi connectivity index (χ1v) is 7.72. The second-order valence-electron chi connectivity index (χ2n) is 5.56. The Morgan fingerprint density at radius 1 is 1.45 bits per heavy atom. The van der Waals surface area contributed by atoms with Gasteiger partial charge in [-0.2, -0.15) is 0 Å². The van der Waals surface area contributed by atoms with Crippen molar-refractivity contribution in [3.05, 3.63) is 29.6 Å². The number of hydrogen-bond donors (Lipinski definition) is 1. The molecular formula is C16H27N3O. The average molecular weight is 277 g/mol. The van der Waals surface area contributed by atoms with Crippen LogP contribution in [-0.4, -0.2) is 42.7 Å². The van der Waals surface area contributed by atoms with Crippen molar-refractivity contribution in [2.24, 2.45) is 0 Å². The summed E-state index contributed by atoms with van der Waals surface area (Å²) < 4.78 is 5.75. The summed E-state index contributed by atoms with van der Waals surface area (Å²) in [5.41, 5.74) is 2.24. The number of ether oxygens (including phenoxy) is 1. The molecule has 112 valence electrons. The molecule has 4 heteroatoms. The number of rotatable bonds is 8. The van der Waals surface area contributed by atoms with Crippen LogP contribution in [-0.2, 0) is 17.9 Å². The monoisotopic (exact) mass is 277 g/mol. The second kappa shape index (κ2) is 8.35. The molecule has 0 aliphatic carbocycles. The van der Waals surface area contributed by atoms with Crippen LogP contribution in [0, 0.1) is 0 Å². The summed E-state index contributed by atoms with van der Waals surface area (Å²) in [6, 6.07) is 4.90. The summed E-state index contributed by atoms with van der Waals surface area (Å²) in [5, 5.41) is 3.30. The van der Waals surface area contributed by atoms with E-state index in [1.54, 1.807) is 0 Å². The smallest absolute Gasteiger partial charge is 0.0887 e. The summed E-state index contributed by atoms with van der Waals surface area (Å²) >= 11 is 0. The van der Waals surface area contributed by atoms with Crippen LogP contribution in [0.4, 0.5) is 0 Å². The highest BCUT2D eigenvalue weighted by Gasteiger charge is 2.19. The molecule has 0 bridgehead atoms. The molecule has 1 aromatic rings. The Hall–Kier alpha value is -0.970. The van der Waals surface area contributed by atoms with Gasteiger partial charge < -0.3 is 15.0 Å². The fourth-order valence-corrected chi connectivity index (χ4v) is 2.65. The summed E-state index contributed by atoms with van der Waals surface area (Å²) in [7, 11) is 2.21. The lowest BCUT2D eigenvalue weighted by Crippen LogP contribution is -2.26. The van der Waals surface area contributed by atoms with Crippen molar-refractivity contribution < 1.29 is 4.74 Å². The van der Waals surface area contributed by atoms with Crippen LogP contribution in [0.2, 0.25) is 0 Å². The molecular weight excluding hydrogens is 250 g/mol. The maximum atomic E-state index is 5.75. The molecule has 1 aliphatic heterocycles. The molecule has 1 unspecified atom stereocenters. The molecule has 1 aliphatic rings. The molecule has 1 aromatic heterocycles. The Morgan fingerprint density at radius 3 is 3.00 bits per heavy atom. The van der Waals surface area contributed by atoms with Crippen molar-refractivity contribution in [2.75, 3.05) is 26.7 Å². The highest BCUT2D eigenvalue weighted by Crippen LogP contribution is 2.17. The fourth-order valence-electron chi connectivity index (χ4n) is 2.65. The molecule has 2 rings (SSSR count). The number of nitrogens with zero attached hydrogens (tertiary/aromatic N) is 2. The lowest BCUT2D eigenvalue weighted by molar-refractivity contribution is 0.0993. The van der Waals surface area contributed by atoms with Crippen LogP contribution in [0.3, 0.4) is 0 Å². The van der Waals surface area contributed by atoms with Crippen LogP contribution in [0.5, 0.6) is 0 Å².